The summed E-state index contributed by atoms with van der Waals surface area (Å²) in [6, 6.07) is 8.18. The maximum absolute atomic E-state index is 4.54. The standard InChI is InChI=1S/C11H7BrN2S/c12-9-3-1-2-8(6-9)10-7-14-4-5-15-11(14)13-10/h1-7H. The summed E-state index contributed by atoms with van der Waals surface area (Å²) in [6.07, 6.45) is 4.07. The van der Waals surface area contributed by atoms with Crippen LogP contribution in [0.5, 0.6) is 0 Å². The molecular weight excluding hydrogens is 272 g/mol. The summed E-state index contributed by atoms with van der Waals surface area (Å²) in [4.78, 5) is 5.58. The molecule has 0 atom stereocenters. The molecule has 0 bridgehead atoms. The molecule has 0 saturated heterocycles. The molecule has 0 aliphatic heterocycles. The Morgan fingerprint density at radius 3 is 3.07 bits per heavy atom. The first-order chi connectivity index (χ1) is 7.33. The fourth-order valence-corrected chi connectivity index (χ4v) is 2.61. The first kappa shape index (κ1) is 9.12. The fraction of sp³-hybridized carbons (Fsp3) is 0. The maximum Gasteiger partial charge on any atom is 0.194 e. The Morgan fingerprint density at radius 1 is 1.33 bits per heavy atom. The second-order valence-corrected chi connectivity index (χ2v) is 5.02. The Kier molecular flexibility index (Phi) is 2.11. The van der Waals surface area contributed by atoms with Crippen molar-refractivity contribution in [2.24, 2.45) is 0 Å². The topological polar surface area (TPSA) is 17.3 Å². The monoisotopic (exact) mass is 278 g/mol. The summed E-state index contributed by atoms with van der Waals surface area (Å²) < 4.78 is 3.12. The first-order valence-electron chi connectivity index (χ1n) is 4.51. The minimum absolute atomic E-state index is 1.02. The van der Waals surface area contributed by atoms with Crippen molar-refractivity contribution in [3.8, 4) is 11.3 Å². The molecule has 1 aromatic carbocycles. The molecule has 15 heavy (non-hydrogen) atoms. The van der Waals surface area contributed by atoms with Gasteiger partial charge in [0.1, 0.15) is 0 Å². The highest BCUT2D eigenvalue weighted by Crippen LogP contribution is 2.23. The zero-order chi connectivity index (χ0) is 10.3. The van der Waals surface area contributed by atoms with Crippen LogP contribution in [0.2, 0.25) is 0 Å². The summed E-state index contributed by atoms with van der Waals surface area (Å²) in [7, 11) is 0. The van der Waals surface area contributed by atoms with Crippen LogP contribution in [0.15, 0.2) is 46.5 Å². The lowest BCUT2D eigenvalue weighted by molar-refractivity contribution is 1.23. The van der Waals surface area contributed by atoms with E-state index < -0.39 is 0 Å². The summed E-state index contributed by atoms with van der Waals surface area (Å²) in [6.45, 7) is 0. The number of nitrogens with zero attached hydrogens (tertiary/aromatic N) is 2. The van der Waals surface area contributed by atoms with Gasteiger partial charge in [-0.05, 0) is 12.1 Å². The average Bonchev–Trinajstić information content (AvgIpc) is 2.76. The zero-order valence-corrected chi connectivity index (χ0v) is 10.1. The molecule has 0 unspecified atom stereocenters. The molecule has 0 radical (unpaired) electrons. The van der Waals surface area contributed by atoms with Crippen molar-refractivity contribution in [2.45, 2.75) is 0 Å². The van der Waals surface area contributed by atoms with E-state index in [1.165, 1.54) is 0 Å². The van der Waals surface area contributed by atoms with Crippen LogP contribution in [0.3, 0.4) is 0 Å². The number of aromatic nitrogens is 2. The van der Waals surface area contributed by atoms with Crippen molar-refractivity contribution in [1.29, 1.82) is 0 Å². The number of fused-ring (bicyclic) bond motifs is 1. The molecule has 0 saturated carbocycles. The smallest absolute Gasteiger partial charge is 0.194 e. The van der Waals surface area contributed by atoms with E-state index in [0.29, 0.717) is 0 Å². The van der Waals surface area contributed by atoms with Crippen molar-refractivity contribution in [1.82, 2.24) is 9.38 Å². The first-order valence-corrected chi connectivity index (χ1v) is 6.18. The summed E-state index contributed by atoms with van der Waals surface area (Å²) in [5, 5.41) is 2.03. The summed E-state index contributed by atoms with van der Waals surface area (Å²) in [5.41, 5.74) is 2.16. The SMILES string of the molecule is Brc1cccc(-c2cn3ccsc3n2)c1. The second-order valence-electron chi connectivity index (χ2n) is 3.23. The van der Waals surface area contributed by atoms with Gasteiger partial charge in [0.25, 0.3) is 0 Å². The highest BCUT2D eigenvalue weighted by atomic mass is 79.9. The van der Waals surface area contributed by atoms with Gasteiger partial charge in [-0.2, -0.15) is 0 Å². The van der Waals surface area contributed by atoms with E-state index in [1.807, 2.05) is 34.3 Å². The molecule has 0 aliphatic carbocycles. The normalized spacial score (nSPS) is 11.0. The Morgan fingerprint density at radius 2 is 2.27 bits per heavy atom. The van der Waals surface area contributed by atoms with E-state index in [2.05, 4.69) is 33.0 Å². The van der Waals surface area contributed by atoms with Crippen LogP contribution in [-0.2, 0) is 0 Å². The molecule has 3 rings (SSSR count). The summed E-state index contributed by atoms with van der Waals surface area (Å²) in [5.74, 6) is 0. The van der Waals surface area contributed by atoms with Crippen LogP contribution in [0.25, 0.3) is 16.2 Å². The van der Waals surface area contributed by atoms with Crippen molar-refractivity contribution in [3.05, 3.63) is 46.5 Å². The molecule has 74 valence electrons. The predicted octanol–water partition coefficient (Wildman–Crippen LogP) is 3.83. The minimum Gasteiger partial charge on any atom is -0.297 e. The van der Waals surface area contributed by atoms with E-state index in [4.69, 9.17) is 0 Å². The number of halogens is 1. The van der Waals surface area contributed by atoms with E-state index in [9.17, 15) is 0 Å². The lowest BCUT2D eigenvalue weighted by Crippen LogP contribution is -1.76. The molecule has 0 spiro atoms. The van der Waals surface area contributed by atoms with Gasteiger partial charge in [0.05, 0.1) is 5.69 Å². The molecule has 0 aliphatic rings. The van der Waals surface area contributed by atoms with Crippen molar-refractivity contribution >= 4 is 32.2 Å². The largest absolute Gasteiger partial charge is 0.297 e. The predicted molar refractivity (Wildman–Crippen MR) is 66.2 cm³/mol. The van der Waals surface area contributed by atoms with Gasteiger partial charge in [-0.25, -0.2) is 4.98 Å². The van der Waals surface area contributed by atoms with E-state index in [-0.39, 0.29) is 0 Å². The highest BCUT2D eigenvalue weighted by molar-refractivity contribution is 9.10. The number of imidazole rings is 1. The van der Waals surface area contributed by atoms with Gasteiger partial charge in [0.2, 0.25) is 0 Å². The van der Waals surface area contributed by atoms with Crippen molar-refractivity contribution < 1.29 is 0 Å². The van der Waals surface area contributed by atoms with Crippen LogP contribution in [-0.4, -0.2) is 9.38 Å². The molecule has 2 nitrogen and oxygen atoms in total. The Bertz CT molecular complexity index is 583. The van der Waals surface area contributed by atoms with Gasteiger partial charge < -0.3 is 0 Å². The van der Waals surface area contributed by atoms with Gasteiger partial charge in [-0.3, -0.25) is 4.40 Å². The van der Waals surface area contributed by atoms with E-state index >= 15 is 0 Å². The third-order valence-electron chi connectivity index (χ3n) is 2.21. The Balaban J connectivity index is 2.17. The van der Waals surface area contributed by atoms with Crippen molar-refractivity contribution in [3.63, 3.8) is 0 Å². The van der Waals surface area contributed by atoms with Crippen molar-refractivity contribution in [2.75, 3.05) is 0 Å². The quantitative estimate of drug-likeness (QED) is 0.661. The lowest BCUT2D eigenvalue weighted by atomic mass is 10.2. The minimum atomic E-state index is 1.02. The Labute approximate surface area is 99.3 Å². The number of rotatable bonds is 1. The van der Waals surface area contributed by atoms with E-state index in [0.717, 1.165) is 20.7 Å². The van der Waals surface area contributed by atoms with Crippen LogP contribution in [0, 0.1) is 0 Å². The number of thiazole rings is 1. The third-order valence-corrected chi connectivity index (χ3v) is 3.48. The molecule has 3 aromatic rings. The number of hydrogen-bond acceptors (Lipinski definition) is 2. The highest BCUT2D eigenvalue weighted by Gasteiger charge is 2.04. The molecule has 0 amide bonds. The molecule has 0 N–H and O–H groups in total. The number of benzene rings is 1. The third kappa shape index (κ3) is 1.60. The van der Waals surface area contributed by atoms with E-state index in [1.54, 1.807) is 11.3 Å². The molecule has 0 fully saturated rings. The van der Waals surface area contributed by atoms with Crippen LogP contribution in [0.4, 0.5) is 0 Å². The molecule has 2 heterocycles. The molecule has 4 heteroatoms. The van der Waals surface area contributed by atoms with Gasteiger partial charge >= 0.3 is 0 Å². The fourth-order valence-electron chi connectivity index (χ4n) is 1.51. The van der Waals surface area contributed by atoms with Crippen LogP contribution in [0.1, 0.15) is 0 Å². The van der Waals surface area contributed by atoms with Gasteiger partial charge in [0.15, 0.2) is 4.96 Å². The summed E-state index contributed by atoms with van der Waals surface area (Å²) >= 11 is 5.11. The van der Waals surface area contributed by atoms with Crippen LogP contribution < -0.4 is 0 Å². The van der Waals surface area contributed by atoms with Crippen LogP contribution >= 0.6 is 27.3 Å². The molecule has 2 aromatic heterocycles. The molecular formula is C11H7BrN2S. The van der Waals surface area contributed by atoms with Gasteiger partial charge in [0, 0.05) is 27.8 Å². The lowest BCUT2D eigenvalue weighted by Gasteiger charge is -1.95. The average molecular weight is 279 g/mol. The number of hydrogen-bond donors (Lipinski definition) is 0. The zero-order valence-electron chi connectivity index (χ0n) is 7.72. The Hall–Kier alpha value is -1.13. The maximum atomic E-state index is 4.54. The second kappa shape index (κ2) is 3.47. The van der Waals surface area contributed by atoms with Gasteiger partial charge in [-0.15, -0.1) is 11.3 Å². The van der Waals surface area contributed by atoms with Gasteiger partial charge in [-0.1, -0.05) is 28.1 Å².